The molecule has 7 heteroatoms. The molecule has 1 aliphatic heterocycles. The number of pyridine rings is 1. The van der Waals surface area contributed by atoms with Crippen molar-refractivity contribution < 1.29 is 19.9 Å². The third-order valence-electron chi connectivity index (χ3n) is 3.97. The first-order chi connectivity index (χ1) is 9.58. The van der Waals surface area contributed by atoms with E-state index in [4.69, 9.17) is 4.74 Å². The number of aliphatic hydroxyl groups is 2. The zero-order chi connectivity index (χ0) is 14.3. The van der Waals surface area contributed by atoms with E-state index in [9.17, 15) is 20.3 Å². The summed E-state index contributed by atoms with van der Waals surface area (Å²) in [6, 6.07) is 1.54. The molecular formula is C13H16N2O5. The summed E-state index contributed by atoms with van der Waals surface area (Å²) in [5.74, 6) is 0.239. The Balaban J connectivity index is 1.88. The lowest BCUT2D eigenvalue weighted by molar-refractivity contribution is -0.386. The van der Waals surface area contributed by atoms with Crippen LogP contribution in [0.25, 0.3) is 0 Å². The molecule has 2 heterocycles. The molecule has 20 heavy (non-hydrogen) atoms. The molecule has 3 rings (SSSR count). The van der Waals surface area contributed by atoms with E-state index in [0.717, 1.165) is 12.8 Å². The lowest BCUT2D eigenvalue weighted by atomic mass is 9.92. The van der Waals surface area contributed by atoms with E-state index in [2.05, 4.69) is 4.98 Å². The van der Waals surface area contributed by atoms with Crippen molar-refractivity contribution in [1.29, 1.82) is 0 Å². The summed E-state index contributed by atoms with van der Waals surface area (Å²) >= 11 is 0. The van der Waals surface area contributed by atoms with Crippen molar-refractivity contribution >= 4 is 5.69 Å². The van der Waals surface area contributed by atoms with E-state index in [0.29, 0.717) is 5.56 Å². The van der Waals surface area contributed by atoms with Crippen LogP contribution < -0.4 is 0 Å². The number of hydrogen-bond acceptors (Lipinski definition) is 6. The SMILES string of the molecule is O=[N+]([O-])c1cnccc1[C@H]1C[C@@H](O)[C@H](O)[C@@H](C2CC2)O1. The van der Waals surface area contributed by atoms with Crippen molar-refractivity contribution in [3.63, 3.8) is 0 Å². The maximum absolute atomic E-state index is 11.0. The molecule has 0 radical (unpaired) electrons. The zero-order valence-electron chi connectivity index (χ0n) is 10.8. The third-order valence-corrected chi connectivity index (χ3v) is 3.97. The second-order valence-electron chi connectivity index (χ2n) is 5.41. The van der Waals surface area contributed by atoms with Crippen LogP contribution in [0.5, 0.6) is 0 Å². The monoisotopic (exact) mass is 280 g/mol. The van der Waals surface area contributed by atoms with Gasteiger partial charge in [-0.25, -0.2) is 0 Å². The summed E-state index contributed by atoms with van der Waals surface area (Å²) < 4.78 is 5.83. The smallest absolute Gasteiger partial charge is 0.293 e. The molecular weight excluding hydrogens is 264 g/mol. The highest BCUT2D eigenvalue weighted by Gasteiger charge is 2.46. The van der Waals surface area contributed by atoms with Crippen LogP contribution in [0.3, 0.4) is 0 Å². The second kappa shape index (κ2) is 5.08. The Kier molecular flexibility index (Phi) is 3.41. The number of nitrogens with zero attached hydrogens (tertiary/aromatic N) is 2. The van der Waals surface area contributed by atoms with Crippen molar-refractivity contribution in [2.75, 3.05) is 0 Å². The highest BCUT2D eigenvalue weighted by atomic mass is 16.6. The van der Waals surface area contributed by atoms with Gasteiger partial charge >= 0.3 is 0 Å². The molecule has 0 aromatic carbocycles. The predicted molar refractivity (Wildman–Crippen MR) is 67.9 cm³/mol. The van der Waals surface area contributed by atoms with Crippen LogP contribution in [0, 0.1) is 16.0 Å². The van der Waals surface area contributed by atoms with Crippen LogP contribution in [-0.4, -0.2) is 38.4 Å². The zero-order valence-corrected chi connectivity index (χ0v) is 10.8. The normalized spacial score (nSPS) is 33.9. The molecule has 108 valence electrons. The van der Waals surface area contributed by atoms with Crippen LogP contribution in [0.4, 0.5) is 5.69 Å². The summed E-state index contributed by atoms with van der Waals surface area (Å²) in [7, 11) is 0. The minimum Gasteiger partial charge on any atom is -0.390 e. The maximum Gasteiger partial charge on any atom is 0.293 e. The van der Waals surface area contributed by atoms with Gasteiger partial charge in [0.15, 0.2) is 0 Å². The molecule has 1 saturated heterocycles. The number of ether oxygens (including phenoxy) is 1. The summed E-state index contributed by atoms with van der Waals surface area (Å²) in [5.41, 5.74) is 0.289. The van der Waals surface area contributed by atoms with Gasteiger partial charge < -0.3 is 14.9 Å². The Labute approximate surface area is 115 Å². The standard InChI is InChI=1S/C13H16N2O5/c16-10-5-11(20-13(12(10)17)7-1-2-7)8-3-4-14-6-9(8)15(18)19/h3-4,6-7,10-13,16-17H,1-2,5H2/t10-,11-,12+,13-/m1/s1. The topological polar surface area (TPSA) is 106 Å². The third kappa shape index (κ3) is 2.39. The fraction of sp³-hybridized carbons (Fsp3) is 0.615. The van der Waals surface area contributed by atoms with Gasteiger partial charge in [0.25, 0.3) is 5.69 Å². The van der Waals surface area contributed by atoms with Crippen LogP contribution in [-0.2, 0) is 4.74 Å². The van der Waals surface area contributed by atoms with E-state index in [1.807, 2.05) is 0 Å². The fourth-order valence-electron chi connectivity index (χ4n) is 2.74. The van der Waals surface area contributed by atoms with Crippen molar-refractivity contribution in [3.8, 4) is 0 Å². The number of hydrogen-bond donors (Lipinski definition) is 2. The van der Waals surface area contributed by atoms with Gasteiger partial charge in [0.05, 0.1) is 28.8 Å². The number of nitro groups is 1. The Hall–Kier alpha value is -1.57. The minimum atomic E-state index is -0.924. The molecule has 2 fully saturated rings. The number of aliphatic hydroxyl groups excluding tert-OH is 2. The largest absolute Gasteiger partial charge is 0.390 e. The first-order valence-corrected chi connectivity index (χ1v) is 6.68. The van der Waals surface area contributed by atoms with Gasteiger partial charge in [-0.1, -0.05) is 0 Å². The first kappa shape index (κ1) is 13.4. The van der Waals surface area contributed by atoms with E-state index < -0.39 is 29.3 Å². The van der Waals surface area contributed by atoms with E-state index in [-0.39, 0.29) is 18.0 Å². The molecule has 0 amide bonds. The van der Waals surface area contributed by atoms with Gasteiger partial charge in [-0.2, -0.15) is 0 Å². The molecule has 1 aromatic rings. The molecule has 0 bridgehead atoms. The predicted octanol–water partition coefficient (Wildman–Crippen LogP) is 0.952. The van der Waals surface area contributed by atoms with Gasteiger partial charge in [-0.05, 0) is 24.8 Å². The fourth-order valence-corrected chi connectivity index (χ4v) is 2.74. The summed E-state index contributed by atoms with van der Waals surface area (Å²) in [6.07, 6.45) is 1.84. The molecule has 2 N–H and O–H groups in total. The Morgan fingerprint density at radius 1 is 1.40 bits per heavy atom. The summed E-state index contributed by atoms with van der Waals surface area (Å²) in [5, 5.41) is 31.0. The molecule has 1 saturated carbocycles. The van der Waals surface area contributed by atoms with E-state index >= 15 is 0 Å². The molecule has 1 aromatic heterocycles. The molecule has 4 atom stereocenters. The molecule has 0 spiro atoms. The summed E-state index contributed by atoms with van der Waals surface area (Å²) in [4.78, 5) is 14.3. The molecule has 1 aliphatic carbocycles. The lowest BCUT2D eigenvalue weighted by Gasteiger charge is -2.37. The van der Waals surface area contributed by atoms with Crippen molar-refractivity contribution in [3.05, 3.63) is 34.1 Å². The van der Waals surface area contributed by atoms with E-state index in [1.54, 1.807) is 0 Å². The Morgan fingerprint density at radius 2 is 2.15 bits per heavy atom. The van der Waals surface area contributed by atoms with Gasteiger partial charge in [-0.3, -0.25) is 15.1 Å². The van der Waals surface area contributed by atoms with Gasteiger partial charge in [-0.15, -0.1) is 0 Å². The Morgan fingerprint density at radius 3 is 2.80 bits per heavy atom. The quantitative estimate of drug-likeness (QED) is 0.630. The van der Waals surface area contributed by atoms with E-state index in [1.165, 1.54) is 18.5 Å². The highest BCUT2D eigenvalue weighted by Crippen LogP contribution is 2.44. The van der Waals surface area contributed by atoms with Crippen LogP contribution in [0.1, 0.15) is 30.9 Å². The van der Waals surface area contributed by atoms with Crippen LogP contribution >= 0.6 is 0 Å². The minimum absolute atomic E-state index is 0.115. The van der Waals surface area contributed by atoms with Crippen molar-refractivity contribution in [1.82, 2.24) is 4.98 Å². The first-order valence-electron chi connectivity index (χ1n) is 6.68. The number of rotatable bonds is 3. The molecule has 7 nitrogen and oxygen atoms in total. The summed E-state index contributed by atoms with van der Waals surface area (Å²) in [6.45, 7) is 0. The average Bonchev–Trinajstić information content (AvgIpc) is 3.26. The average molecular weight is 280 g/mol. The highest BCUT2D eigenvalue weighted by molar-refractivity contribution is 5.39. The molecule has 2 aliphatic rings. The van der Waals surface area contributed by atoms with Crippen molar-refractivity contribution in [2.45, 2.75) is 43.7 Å². The van der Waals surface area contributed by atoms with Gasteiger partial charge in [0.1, 0.15) is 12.3 Å². The maximum atomic E-state index is 11.0. The van der Waals surface area contributed by atoms with Crippen molar-refractivity contribution in [2.24, 2.45) is 5.92 Å². The Bertz CT molecular complexity index is 519. The van der Waals surface area contributed by atoms with Gasteiger partial charge in [0.2, 0.25) is 0 Å². The number of aromatic nitrogens is 1. The van der Waals surface area contributed by atoms with Crippen LogP contribution in [0.2, 0.25) is 0 Å². The lowest BCUT2D eigenvalue weighted by Crippen LogP contribution is -2.46. The van der Waals surface area contributed by atoms with Crippen LogP contribution in [0.15, 0.2) is 18.5 Å². The second-order valence-corrected chi connectivity index (χ2v) is 5.41. The van der Waals surface area contributed by atoms with Gasteiger partial charge in [0, 0.05) is 12.6 Å². The molecule has 0 unspecified atom stereocenters.